The number of carboxylic acid groups (broad SMARTS) is 1. The van der Waals surface area contributed by atoms with Gasteiger partial charge in [0.1, 0.15) is 17.6 Å². The van der Waals surface area contributed by atoms with Crippen LogP contribution in [-0.2, 0) is 14.9 Å². The van der Waals surface area contributed by atoms with Gasteiger partial charge in [-0.25, -0.2) is 19.6 Å². The van der Waals surface area contributed by atoms with Crippen molar-refractivity contribution in [1.82, 2.24) is 19.7 Å². The number of anilines is 2. The number of hydrogen-bond donors (Lipinski definition) is 4. The summed E-state index contributed by atoms with van der Waals surface area (Å²) in [5.74, 6) is -1.36. The quantitative estimate of drug-likeness (QED) is 0.288. The number of fused-ring (bicyclic) bond motifs is 1. The highest BCUT2D eigenvalue weighted by atomic mass is 32.1. The van der Waals surface area contributed by atoms with E-state index >= 15 is 0 Å². The molecule has 1 aliphatic rings. The Bertz CT molecular complexity index is 1530. The molecule has 0 bridgehead atoms. The number of nitrogens with one attached hydrogen (secondary N) is 2. The number of carboxylic acids is 1. The van der Waals surface area contributed by atoms with Gasteiger partial charge in [-0.1, -0.05) is 20.8 Å². The van der Waals surface area contributed by atoms with E-state index in [9.17, 15) is 24.3 Å². The maximum Gasteiger partial charge on any atom is 0.407 e. The molecule has 0 spiro atoms. The predicted molar refractivity (Wildman–Crippen MR) is 154 cm³/mol. The molecule has 1 fully saturated rings. The highest BCUT2D eigenvalue weighted by Gasteiger charge is 2.26. The number of pyridine rings is 1. The Kier molecular flexibility index (Phi) is 9.03. The summed E-state index contributed by atoms with van der Waals surface area (Å²) in [7, 11) is 0. The number of aliphatic hydroxyl groups excluding tert-OH is 1. The van der Waals surface area contributed by atoms with E-state index in [-0.39, 0.29) is 47.3 Å². The van der Waals surface area contributed by atoms with Gasteiger partial charge in [0.2, 0.25) is 0 Å². The molecule has 2 amide bonds. The third kappa shape index (κ3) is 7.27. The van der Waals surface area contributed by atoms with Gasteiger partial charge in [0.15, 0.2) is 5.13 Å². The van der Waals surface area contributed by atoms with E-state index < -0.39 is 23.5 Å². The van der Waals surface area contributed by atoms with Gasteiger partial charge in [-0.2, -0.15) is 0 Å². The normalized spacial score (nSPS) is 14.4. The zero-order valence-corrected chi connectivity index (χ0v) is 23.7. The molecule has 0 atom stereocenters. The van der Waals surface area contributed by atoms with Gasteiger partial charge in [-0.3, -0.25) is 19.3 Å². The fourth-order valence-electron chi connectivity index (χ4n) is 4.20. The second kappa shape index (κ2) is 12.5. The lowest BCUT2D eigenvalue weighted by molar-refractivity contribution is -0.131. The van der Waals surface area contributed by atoms with Crippen molar-refractivity contribution in [3.05, 3.63) is 57.0 Å². The Morgan fingerprint density at radius 2 is 1.95 bits per heavy atom. The van der Waals surface area contributed by atoms with E-state index in [0.717, 1.165) is 11.8 Å². The van der Waals surface area contributed by atoms with Crippen LogP contribution in [0.5, 0.6) is 0 Å². The first-order valence-electron chi connectivity index (χ1n) is 13.0. The first kappa shape index (κ1) is 29.7. The highest BCUT2D eigenvalue weighted by Crippen LogP contribution is 2.27. The van der Waals surface area contributed by atoms with Crippen LogP contribution in [0.1, 0.15) is 55.2 Å². The molecule has 0 radical (unpaired) electrons. The van der Waals surface area contributed by atoms with E-state index in [4.69, 9.17) is 9.84 Å². The smallest absolute Gasteiger partial charge is 0.407 e. The number of carbonyl (C=O) groups excluding carboxylic acids is 2. The van der Waals surface area contributed by atoms with Crippen molar-refractivity contribution >= 4 is 52.0 Å². The minimum atomic E-state index is -1.22. The monoisotopic (exact) mass is 584 g/mol. The standard InChI is InChI=1S/C27H32N6O7S/c1-27(2,3)19-15-41-25(29-19)31-23(37)16-6-12-33-20(14-16)30-22(18(24(33)38)4-5-21(35)36)32-10-7-17(8-11-32)40-26(39)28-9-13-34/h4-6,12,14-15,17,34H,7-11,13H2,1-3H3,(H,28,39)(H,35,36)(H,29,31,37)/b5-4+. The Hall–Kier alpha value is -4.30. The topological polar surface area (TPSA) is 175 Å². The molecule has 3 aromatic heterocycles. The molecule has 14 heteroatoms. The van der Waals surface area contributed by atoms with Gasteiger partial charge in [0, 0.05) is 61.1 Å². The fourth-order valence-corrected chi connectivity index (χ4v) is 5.14. The molecule has 4 rings (SSSR count). The van der Waals surface area contributed by atoms with Gasteiger partial charge in [0.05, 0.1) is 17.9 Å². The Balaban J connectivity index is 1.61. The minimum absolute atomic E-state index is 0.0830. The summed E-state index contributed by atoms with van der Waals surface area (Å²) in [6, 6.07) is 2.98. The van der Waals surface area contributed by atoms with E-state index in [2.05, 4.69) is 20.6 Å². The zero-order valence-electron chi connectivity index (χ0n) is 22.9. The molecule has 0 aliphatic carbocycles. The lowest BCUT2D eigenvalue weighted by Gasteiger charge is -2.33. The molecular formula is C27H32N6O7S. The summed E-state index contributed by atoms with van der Waals surface area (Å²) in [6.07, 6.45) is 3.41. The number of piperidine rings is 1. The number of amides is 2. The van der Waals surface area contributed by atoms with Crippen LogP contribution in [0.2, 0.25) is 0 Å². The van der Waals surface area contributed by atoms with Crippen LogP contribution in [0, 0.1) is 0 Å². The average Bonchev–Trinajstić information content (AvgIpc) is 3.40. The van der Waals surface area contributed by atoms with E-state index in [1.807, 2.05) is 31.1 Å². The number of carbonyl (C=O) groups is 3. The third-order valence-electron chi connectivity index (χ3n) is 6.39. The number of nitrogens with zero attached hydrogens (tertiary/aromatic N) is 4. The number of hydrogen-bond acceptors (Lipinski definition) is 10. The average molecular weight is 585 g/mol. The fraction of sp³-hybridized carbons (Fsp3) is 0.407. The van der Waals surface area contributed by atoms with Crippen molar-refractivity contribution in [3.63, 3.8) is 0 Å². The number of alkyl carbamates (subject to hydrolysis) is 1. The van der Waals surface area contributed by atoms with Crippen molar-refractivity contribution in [3.8, 4) is 0 Å². The second-order valence-electron chi connectivity index (χ2n) is 10.5. The molecule has 0 aromatic carbocycles. The summed E-state index contributed by atoms with van der Waals surface area (Å²) in [4.78, 5) is 60.5. The summed E-state index contributed by atoms with van der Waals surface area (Å²) in [5.41, 5.74) is 0.761. The minimum Gasteiger partial charge on any atom is -0.478 e. The van der Waals surface area contributed by atoms with E-state index in [1.165, 1.54) is 40.1 Å². The van der Waals surface area contributed by atoms with Gasteiger partial charge in [-0.05, 0) is 18.2 Å². The molecule has 1 saturated heterocycles. The van der Waals surface area contributed by atoms with E-state index in [1.54, 1.807) is 0 Å². The molecule has 3 aromatic rings. The molecule has 218 valence electrons. The SMILES string of the molecule is CC(C)(C)c1csc(NC(=O)c2ccn3c(=O)c(/C=C/C(=O)O)c(N4CCC(OC(=O)NCCO)CC4)nc3c2)n1. The summed E-state index contributed by atoms with van der Waals surface area (Å²) < 4.78 is 6.63. The Morgan fingerprint density at radius 3 is 2.59 bits per heavy atom. The number of rotatable bonds is 8. The van der Waals surface area contributed by atoms with Gasteiger partial charge < -0.3 is 25.2 Å². The molecule has 4 N–H and O–H groups in total. The lowest BCUT2D eigenvalue weighted by atomic mass is 9.93. The Labute approximate surface area is 239 Å². The zero-order chi connectivity index (χ0) is 29.7. The Morgan fingerprint density at radius 1 is 1.22 bits per heavy atom. The van der Waals surface area contributed by atoms with Crippen LogP contribution < -0.4 is 21.1 Å². The van der Waals surface area contributed by atoms with Gasteiger partial charge in [0.25, 0.3) is 11.5 Å². The lowest BCUT2D eigenvalue weighted by Crippen LogP contribution is -2.41. The van der Waals surface area contributed by atoms with Crippen molar-refractivity contribution < 1.29 is 29.3 Å². The van der Waals surface area contributed by atoms with Crippen LogP contribution >= 0.6 is 11.3 Å². The van der Waals surface area contributed by atoms with Crippen molar-refractivity contribution in [2.24, 2.45) is 0 Å². The van der Waals surface area contributed by atoms with Crippen molar-refractivity contribution in [1.29, 1.82) is 0 Å². The molecule has 1 aliphatic heterocycles. The molecule has 0 unspecified atom stereocenters. The van der Waals surface area contributed by atoms with Gasteiger partial charge in [-0.15, -0.1) is 11.3 Å². The van der Waals surface area contributed by atoms with Crippen LogP contribution in [0.25, 0.3) is 11.7 Å². The third-order valence-corrected chi connectivity index (χ3v) is 7.15. The number of aliphatic hydroxyl groups is 1. The molecule has 13 nitrogen and oxygen atoms in total. The van der Waals surface area contributed by atoms with Crippen molar-refractivity contribution in [2.75, 3.05) is 36.5 Å². The molecule has 0 saturated carbocycles. The van der Waals surface area contributed by atoms with Crippen molar-refractivity contribution in [2.45, 2.75) is 45.1 Å². The predicted octanol–water partition coefficient (Wildman–Crippen LogP) is 2.49. The largest absolute Gasteiger partial charge is 0.478 e. The molecule has 41 heavy (non-hydrogen) atoms. The summed E-state index contributed by atoms with van der Waals surface area (Å²) in [6.45, 7) is 6.75. The van der Waals surface area contributed by atoms with Crippen LogP contribution in [0.15, 0.2) is 34.6 Å². The number of aromatic nitrogens is 3. The van der Waals surface area contributed by atoms with Crippen LogP contribution in [0.4, 0.5) is 15.7 Å². The number of thiazole rings is 1. The van der Waals surface area contributed by atoms with E-state index in [0.29, 0.717) is 31.1 Å². The first-order chi connectivity index (χ1) is 19.5. The van der Waals surface area contributed by atoms with Crippen LogP contribution in [-0.4, -0.2) is 74.9 Å². The molecule has 4 heterocycles. The summed E-state index contributed by atoms with van der Waals surface area (Å²) in [5, 5.41) is 25.6. The van der Waals surface area contributed by atoms with Crippen LogP contribution in [0.3, 0.4) is 0 Å². The maximum absolute atomic E-state index is 13.4. The van der Waals surface area contributed by atoms with Gasteiger partial charge >= 0.3 is 12.1 Å². The summed E-state index contributed by atoms with van der Waals surface area (Å²) >= 11 is 1.32. The first-order valence-corrected chi connectivity index (χ1v) is 13.9. The molecular weight excluding hydrogens is 552 g/mol. The highest BCUT2D eigenvalue weighted by molar-refractivity contribution is 7.14. The maximum atomic E-state index is 13.4. The second-order valence-corrected chi connectivity index (χ2v) is 11.3. The number of aliphatic carboxylic acids is 1. The number of ether oxygens (including phenoxy) is 1.